The zero-order valence-corrected chi connectivity index (χ0v) is 12.6. The Morgan fingerprint density at radius 3 is 2.90 bits per heavy atom. The largest absolute Gasteiger partial charge is 0.356 e. The molecular weight excluding hydrogens is 290 g/mol. The Labute approximate surface area is 128 Å². The van der Waals surface area contributed by atoms with Crippen LogP contribution in [-0.2, 0) is 4.79 Å². The van der Waals surface area contributed by atoms with E-state index in [1.807, 2.05) is 7.05 Å². The second-order valence-electron chi connectivity index (χ2n) is 5.96. The van der Waals surface area contributed by atoms with Crippen LogP contribution in [0.15, 0.2) is 18.5 Å². The summed E-state index contributed by atoms with van der Waals surface area (Å²) in [5.74, 6) is 0.953. The van der Waals surface area contributed by atoms with Gasteiger partial charge in [-0.2, -0.15) is 0 Å². The van der Waals surface area contributed by atoms with Gasteiger partial charge in [0.15, 0.2) is 0 Å². The molecule has 0 unspecified atom stereocenters. The van der Waals surface area contributed by atoms with Gasteiger partial charge in [-0.1, -0.05) is 11.6 Å². The first-order valence-electron chi connectivity index (χ1n) is 7.19. The highest BCUT2D eigenvalue weighted by Gasteiger charge is 2.40. The van der Waals surface area contributed by atoms with Crippen LogP contribution in [0, 0.1) is 11.8 Å². The van der Waals surface area contributed by atoms with E-state index in [0.29, 0.717) is 28.8 Å². The smallest absolute Gasteiger partial charge is 0.255 e. The van der Waals surface area contributed by atoms with Crippen LogP contribution in [0.5, 0.6) is 0 Å². The highest BCUT2D eigenvalue weighted by Crippen LogP contribution is 2.38. The van der Waals surface area contributed by atoms with Crippen LogP contribution in [-0.4, -0.2) is 41.3 Å². The minimum Gasteiger partial charge on any atom is -0.356 e. The zero-order valence-electron chi connectivity index (χ0n) is 11.9. The van der Waals surface area contributed by atoms with E-state index in [-0.39, 0.29) is 17.9 Å². The molecule has 1 saturated carbocycles. The molecule has 0 bridgehead atoms. The highest BCUT2D eigenvalue weighted by atomic mass is 35.5. The first-order valence-corrected chi connectivity index (χ1v) is 7.57. The van der Waals surface area contributed by atoms with Gasteiger partial charge in [-0.05, 0) is 30.7 Å². The Hall–Kier alpha value is -1.62. The van der Waals surface area contributed by atoms with E-state index in [0.717, 1.165) is 19.4 Å². The van der Waals surface area contributed by atoms with Crippen LogP contribution in [0.4, 0.5) is 0 Å². The summed E-state index contributed by atoms with van der Waals surface area (Å²) in [4.78, 5) is 29.7. The maximum absolute atomic E-state index is 12.5. The summed E-state index contributed by atoms with van der Waals surface area (Å²) in [5, 5.41) is 3.37. The lowest BCUT2D eigenvalue weighted by Gasteiger charge is -2.24. The molecule has 0 aromatic carbocycles. The maximum atomic E-state index is 12.5. The van der Waals surface area contributed by atoms with Gasteiger partial charge in [0.05, 0.1) is 10.6 Å². The molecule has 1 aromatic rings. The lowest BCUT2D eigenvalue weighted by atomic mass is 9.89. The number of rotatable bonds is 2. The van der Waals surface area contributed by atoms with Gasteiger partial charge in [0, 0.05) is 38.4 Å². The van der Waals surface area contributed by atoms with Crippen LogP contribution >= 0.6 is 11.6 Å². The molecule has 0 spiro atoms. The third kappa shape index (κ3) is 2.88. The van der Waals surface area contributed by atoms with Crippen LogP contribution in [0.1, 0.15) is 29.6 Å². The van der Waals surface area contributed by atoms with Crippen molar-refractivity contribution in [1.82, 2.24) is 15.2 Å². The molecule has 5 nitrogen and oxygen atoms in total. The van der Waals surface area contributed by atoms with Crippen molar-refractivity contribution in [3.05, 3.63) is 29.0 Å². The summed E-state index contributed by atoms with van der Waals surface area (Å²) < 4.78 is 0. The summed E-state index contributed by atoms with van der Waals surface area (Å²) in [5.41, 5.74) is 0.508. The molecule has 6 heteroatoms. The number of carbonyl (C=O) groups is 2. The van der Waals surface area contributed by atoms with Crippen molar-refractivity contribution < 1.29 is 9.59 Å². The molecule has 2 fully saturated rings. The first kappa shape index (κ1) is 14.3. The molecule has 3 rings (SSSR count). The van der Waals surface area contributed by atoms with E-state index in [1.54, 1.807) is 11.0 Å². The average Bonchev–Trinajstić information content (AvgIpc) is 2.88. The normalized spacial score (nSPS) is 27.9. The number of amides is 2. The number of halogens is 1. The fourth-order valence-corrected chi connectivity index (χ4v) is 3.62. The fourth-order valence-electron chi connectivity index (χ4n) is 3.45. The fraction of sp³-hybridized carbons (Fsp3) is 0.533. The second kappa shape index (κ2) is 5.64. The average molecular weight is 308 g/mol. The summed E-state index contributed by atoms with van der Waals surface area (Å²) >= 11 is 5.89. The molecule has 2 amide bonds. The van der Waals surface area contributed by atoms with Crippen LogP contribution in [0.2, 0.25) is 5.02 Å². The van der Waals surface area contributed by atoms with Crippen molar-refractivity contribution >= 4 is 23.4 Å². The van der Waals surface area contributed by atoms with Crippen LogP contribution in [0.3, 0.4) is 0 Å². The zero-order chi connectivity index (χ0) is 15.0. The number of hydrogen-bond donors (Lipinski definition) is 1. The van der Waals surface area contributed by atoms with E-state index < -0.39 is 0 Å². The van der Waals surface area contributed by atoms with E-state index in [2.05, 4.69) is 10.3 Å². The van der Waals surface area contributed by atoms with E-state index in [1.165, 1.54) is 12.4 Å². The van der Waals surface area contributed by atoms with Crippen LogP contribution in [0.25, 0.3) is 0 Å². The Morgan fingerprint density at radius 2 is 2.14 bits per heavy atom. The Bertz CT molecular complexity index is 578. The van der Waals surface area contributed by atoms with Crippen molar-refractivity contribution in [3.8, 4) is 0 Å². The maximum Gasteiger partial charge on any atom is 0.255 e. The summed E-state index contributed by atoms with van der Waals surface area (Å²) in [6.07, 6.45) is 5.48. The Morgan fingerprint density at radius 1 is 1.38 bits per heavy atom. The minimum absolute atomic E-state index is 0.0621. The summed E-state index contributed by atoms with van der Waals surface area (Å²) in [6, 6.07) is 1.82. The van der Waals surface area contributed by atoms with Crippen molar-refractivity contribution in [3.63, 3.8) is 0 Å². The van der Waals surface area contributed by atoms with Gasteiger partial charge < -0.3 is 10.2 Å². The van der Waals surface area contributed by atoms with Crippen molar-refractivity contribution in [1.29, 1.82) is 0 Å². The van der Waals surface area contributed by atoms with Gasteiger partial charge >= 0.3 is 0 Å². The predicted octanol–water partition coefficient (Wildman–Crippen LogP) is 1.72. The van der Waals surface area contributed by atoms with Gasteiger partial charge in [-0.15, -0.1) is 0 Å². The van der Waals surface area contributed by atoms with Gasteiger partial charge in [0.2, 0.25) is 5.91 Å². The molecule has 1 aromatic heterocycles. The first-order chi connectivity index (χ1) is 10.0. The van der Waals surface area contributed by atoms with Crippen LogP contribution < -0.4 is 5.32 Å². The minimum atomic E-state index is -0.0621. The van der Waals surface area contributed by atoms with Gasteiger partial charge in [-0.3, -0.25) is 14.6 Å². The molecule has 112 valence electrons. The molecule has 1 saturated heterocycles. The Balaban J connectivity index is 1.70. The lowest BCUT2D eigenvalue weighted by molar-refractivity contribution is -0.124. The number of carbonyl (C=O) groups excluding carboxylic acids is 2. The van der Waals surface area contributed by atoms with Crippen molar-refractivity contribution in [2.45, 2.75) is 25.3 Å². The monoisotopic (exact) mass is 307 g/mol. The third-order valence-corrected chi connectivity index (χ3v) is 4.85. The SMILES string of the molecule is CN(C(=O)c1cncc(Cl)c1)[C@H]1C[C@H]2CNC(=O)C[C@H]2C1. The quantitative estimate of drug-likeness (QED) is 0.905. The molecule has 1 aliphatic heterocycles. The molecule has 3 atom stereocenters. The standard InChI is InChI=1S/C15H18ClN3O2/c1-19(15(21)11-2-12(16)8-17-6-11)13-3-9-5-14(20)18-7-10(9)4-13/h2,6,8-10,13H,3-5,7H2,1H3,(H,18,20)/t9-,10+,13-/m1/s1. The van der Waals surface area contributed by atoms with Crippen molar-refractivity contribution in [2.75, 3.05) is 13.6 Å². The van der Waals surface area contributed by atoms with E-state index >= 15 is 0 Å². The van der Waals surface area contributed by atoms with E-state index in [9.17, 15) is 9.59 Å². The van der Waals surface area contributed by atoms with Crippen molar-refractivity contribution in [2.24, 2.45) is 11.8 Å². The Kier molecular flexibility index (Phi) is 3.85. The molecule has 0 radical (unpaired) electrons. The molecule has 1 aliphatic carbocycles. The molecule has 21 heavy (non-hydrogen) atoms. The number of fused-ring (bicyclic) bond motifs is 1. The molecule has 2 aliphatic rings. The van der Waals surface area contributed by atoms with E-state index in [4.69, 9.17) is 11.6 Å². The number of pyridine rings is 1. The number of piperidine rings is 1. The van der Waals surface area contributed by atoms with Gasteiger partial charge in [0.1, 0.15) is 0 Å². The summed E-state index contributed by atoms with van der Waals surface area (Å²) in [7, 11) is 1.82. The molecule has 1 N–H and O–H groups in total. The van der Waals surface area contributed by atoms with Gasteiger partial charge in [0.25, 0.3) is 5.91 Å². The number of nitrogens with one attached hydrogen (secondary N) is 1. The summed E-state index contributed by atoms with van der Waals surface area (Å²) in [6.45, 7) is 0.737. The second-order valence-corrected chi connectivity index (χ2v) is 6.40. The number of aromatic nitrogens is 1. The topological polar surface area (TPSA) is 62.3 Å². The number of hydrogen-bond acceptors (Lipinski definition) is 3. The lowest BCUT2D eigenvalue weighted by Crippen LogP contribution is -2.38. The van der Waals surface area contributed by atoms with Gasteiger partial charge in [-0.25, -0.2) is 0 Å². The number of nitrogens with zero attached hydrogens (tertiary/aromatic N) is 2. The molecule has 2 heterocycles. The third-order valence-electron chi connectivity index (χ3n) is 4.65. The molecular formula is C15H18ClN3O2. The highest BCUT2D eigenvalue weighted by molar-refractivity contribution is 6.30. The predicted molar refractivity (Wildman–Crippen MR) is 79.0 cm³/mol.